The second-order valence-electron chi connectivity index (χ2n) is 8.95. The van der Waals surface area contributed by atoms with Gasteiger partial charge in [0.1, 0.15) is 11.6 Å². The van der Waals surface area contributed by atoms with Crippen molar-refractivity contribution in [1.82, 2.24) is 25.0 Å². The normalized spacial score (nSPS) is 13.8. The van der Waals surface area contributed by atoms with Crippen LogP contribution in [-0.2, 0) is 11.8 Å². The molecule has 1 fully saturated rings. The van der Waals surface area contributed by atoms with Crippen LogP contribution in [0.3, 0.4) is 0 Å². The van der Waals surface area contributed by atoms with Crippen LogP contribution < -0.4 is 20.7 Å². The lowest BCUT2D eigenvalue weighted by molar-refractivity contribution is 0.0398. The van der Waals surface area contributed by atoms with E-state index in [0.29, 0.717) is 42.7 Å². The molecule has 0 saturated carbocycles. The van der Waals surface area contributed by atoms with E-state index in [4.69, 9.17) is 9.47 Å². The van der Waals surface area contributed by atoms with Crippen LogP contribution in [0.15, 0.2) is 30.3 Å². The first-order chi connectivity index (χ1) is 17.3. The van der Waals surface area contributed by atoms with Gasteiger partial charge in [-0.2, -0.15) is 5.10 Å². The summed E-state index contributed by atoms with van der Waals surface area (Å²) < 4.78 is 12.7. The number of aromatic nitrogens is 3. The van der Waals surface area contributed by atoms with Gasteiger partial charge in [-0.3, -0.25) is 19.7 Å². The average molecular weight is 532 g/mol. The molecule has 1 aliphatic rings. The molecule has 0 radical (unpaired) electrons. The van der Waals surface area contributed by atoms with Gasteiger partial charge in [0.2, 0.25) is 0 Å². The summed E-state index contributed by atoms with van der Waals surface area (Å²) in [7, 11) is 1.81. The lowest BCUT2D eigenvalue weighted by atomic mass is 10.1. The smallest absolute Gasteiger partial charge is 0.326 e. The summed E-state index contributed by atoms with van der Waals surface area (Å²) in [6, 6.07) is 8.08. The highest BCUT2D eigenvalue weighted by atomic mass is 35.5. The van der Waals surface area contributed by atoms with Gasteiger partial charge in [-0.1, -0.05) is 6.07 Å². The maximum Gasteiger partial charge on any atom is 0.326 e. The predicted octanol–water partition coefficient (Wildman–Crippen LogP) is 3.19. The number of morpholine rings is 1. The molecule has 0 bridgehead atoms. The first-order valence-electron chi connectivity index (χ1n) is 12.1. The minimum Gasteiger partial charge on any atom is -0.491 e. The Morgan fingerprint density at radius 3 is 2.68 bits per heavy atom. The van der Waals surface area contributed by atoms with Crippen molar-refractivity contribution in [2.45, 2.75) is 26.9 Å². The standard InChI is InChI=1S/C25H33N7O4.ClH/c1-16(2)36-19-7-5-6-18(14-19)27-25(34)29-24(33)21-15-20-17(3)30-31(4)23(20)28-22(21)26-8-9-32-10-12-35-13-11-32;/h5-7,14-16H,8-13H2,1-4H3,(H,26,28)(H2,27,29,33,34);1H. The van der Waals surface area contributed by atoms with Gasteiger partial charge in [0, 0.05) is 50.4 Å². The van der Waals surface area contributed by atoms with Gasteiger partial charge >= 0.3 is 6.03 Å². The van der Waals surface area contributed by atoms with Crippen LogP contribution in [0, 0.1) is 6.92 Å². The first kappa shape index (κ1) is 28.2. The molecule has 0 unspecified atom stereocenters. The lowest BCUT2D eigenvalue weighted by Crippen LogP contribution is -2.39. The number of benzene rings is 1. The molecule has 1 saturated heterocycles. The third-order valence-corrected chi connectivity index (χ3v) is 5.76. The zero-order chi connectivity index (χ0) is 25.7. The Morgan fingerprint density at radius 2 is 1.95 bits per heavy atom. The zero-order valence-corrected chi connectivity index (χ0v) is 22.4. The molecule has 0 atom stereocenters. The number of carbonyl (C=O) groups excluding carboxylic acids is 2. The molecule has 200 valence electrons. The fourth-order valence-electron chi connectivity index (χ4n) is 4.06. The van der Waals surface area contributed by atoms with Crippen LogP contribution in [0.25, 0.3) is 11.0 Å². The summed E-state index contributed by atoms with van der Waals surface area (Å²) in [5, 5.41) is 13.5. The summed E-state index contributed by atoms with van der Waals surface area (Å²) in [5.74, 6) is 0.465. The van der Waals surface area contributed by atoms with Crippen LogP contribution in [-0.4, -0.2) is 77.1 Å². The third-order valence-electron chi connectivity index (χ3n) is 5.76. The van der Waals surface area contributed by atoms with Crippen molar-refractivity contribution in [1.29, 1.82) is 0 Å². The molecule has 11 nitrogen and oxygen atoms in total. The number of ether oxygens (including phenoxy) is 2. The number of hydrogen-bond donors (Lipinski definition) is 3. The van der Waals surface area contributed by atoms with E-state index in [-0.39, 0.29) is 24.1 Å². The molecule has 3 N–H and O–H groups in total. The number of hydrogen-bond acceptors (Lipinski definition) is 8. The molecular formula is C25H34ClN7O4. The third kappa shape index (κ3) is 7.31. The van der Waals surface area contributed by atoms with Gasteiger partial charge in [0.05, 0.1) is 30.6 Å². The highest BCUT2D eigenvalue weighted by molar-refractivity contribution is 6.11. The minimum absolute atomic E-state index is 0. The Balaban J connectivity index is 0.00000380. The Hall–Kier alpha value is -3.41. The van der Waals surface area contributed by atoms with Crippen LogP contribution in [0.4, 0.5) is 16.3 Å². The van der Waals surface area contributed by atoms with E-state index < -0.39 is 11.9 Å². The van der Waals surface area contributed by atoms with Crippen LogP contribution in [0.5, 0.6) is 5.75 Å². The quantitative estimate of drug-likeness (QED) is 0.405. The Labute approximate surface area is 222 Å². The number of imide groups is 1. The minimum atomic E-state index is -0.649. The second kappa shape index (κ2) is 12.7. The molecule has 3 aromatic rings. The number of nitrogens with zero attached hydrogens (tertiary/aromatic N) is 4. The van der Waals surface area contributed by atoms with Gasteiger partial charge in [0.15, 0.2) is 5.65 Å². The van der Waals surface area contributed by atoms with Crippen molar-refractivity contribution >= 4 is 46.9 Å². The van der Waals surface area contributed by atoms with Gasteiger partial charge in [-0.15, -0.1) is 12.4 Å². The maximum absolute atomic E-state index is 13.2. The average Bonchev–Trinajstić information content (AvgIpc) is 3.11. The van der Waals surface area contributed by atoms with Gasteiger partial charge in [-0.05, 0) is 39.0 Å². The number of urea groups is 1. The van der Waals surface area contributed by atoms with Crippen molar-refractivity contribution < 1.29 is 19.1 Å². The first-order valence-corrected chi connectivity index (χ1v) is 12.1. The summed E-state index contributed by atoms with van der Waals surface area (Å²) in [6.07, 6.45) is 0.00294. The lowest BCUT2D eigenvalue weighted by Gasteiger charge is -2.26. The van der Waals surface area contributed by atoms with Crippen molar-refractivity contribution in [3.8, 4) is 5.75 Å². The Kier molecular flexibility index (Phi) is 9.67. The van der Waals surface area contributed by atoms with Gasteiger partial charge in [-0.25, -0.2) is 9.78 Å². The highest BCUT2D eigenvalue weighted by Crippen LogP contribution is 2.23. The number of carbonyl (C=O) groups is 2. The molecule has 3 heterocycles. The van der Waals surface area contributed by atoms with Crippen LogP contribution in [0.1, 0.15) is 29.9 Å². The van der Waals surface area contributed by atoms with E-state index in [0.717, 1.165) is 30.7 Å². The molecule has 0 aliphatic carbocycles. The van der Waals surface area contributed by atoms with Gasteiger partial charge in [0.25, 0.3) is 5.91 Å². The number of anilines is 2. The van der Waals surface area contributed by atoms with Crippen molar-refractivity contribution in [3.05, 3.63) is 41.6 Å². The number of rotatable bonds is 8. The van der Waals surface area contributed by atoms with Crippen LogP contribution >= 0.6 is 12.4 Å². The maximum atomic E-state index is 13.2. The van der Waals surface area contributed by atoms with E-state index in [1.54, 1.807) is 35.0 Å². The molecule has 0 spiro atoms. The van der Waals surface area contributed by atoms with Crippen molar-refractivity contribution in [2.24, 2.45) is 7.05 Å². The molecule has 4 rings (SSSR count). The summed E-state index contributed by atoms with van der Waals surface area (Å²) in [6.45, 7) is 10.2. The largest absolute Gasteiger partial charge is 0.491 e. The molecule has 37 heavy (non-hydrogen) atoms. The Bertz CT molecular complexity index is 1240. The summed E-state index contributed by atoms with van der Waals surface area (Å²) in [5.41, 5.74) is 2.19. The number of pyridine rings is 1. The SMILES string of the molecule is Cc1nn(C)c2nc(NCCN3CCOCC3)c(C(=O)NC(=O)Nc3cccc(OC(C)C)c3)cc12.Cl. The number of fused-ring (bicyclic) bond motifs is 1. The van der Waals surface area contributed by atoms with Gasteiger partial charge < -0.3 is 20.1 Å². The molecule has 2 aromatic heterocycles. The highest BCUT2D eigenvalue weighted by Gasteiger charge is 2.20. The fourth-order valence-corrected chi connectivity index (χ4v) is 4.06. The monoisotopic (exact) mass is 531 g/mol. The van der Waals surface area contributed by atoms with E-state index in [1.807, 2.05) is 27.8 Å². The summed E-state index contributed by atoms with van der Waals surface area (Å²) >= 11 is 0. The predicted molar refractivity (Wildman–Crippen MR) is 145 cm³/mol. The molecule has 12 heteroatoms. The molecule has 1 aromatic carbocycles. The zero-order valence-electron chi connectivity index (χ0n) is 21.5. The molecule has 1 aliphatic heterocycles. The number of amides is 3. The van der Waals surface area contributed by atoms with Crippen LogP contribution in [0.2, 0.25) is 0 Å². The van der Waals surface area contributed by atoms with Crippen molar-refractivity contribution in [3.63, 3.8) is 0 Å². The number of aryl methyl sites for hydroxylation is 2. The van der Waals surface area contributed by atoms with E-state index in [2.05, 4.69) is 30.9 Å². The Morgan fingerprint density at radius 1 is 1.19 bits per heavy atom. The summed E-state index contributed by atoms with van der Waals surface area (Å²) in [4.78, 5) is 32.8. The number of nitrogens with one attached hydrogen (secondary N) is 3. The topological polar surface area (TPSA) is 123 Å². The van der Waals surface area contributed by atoms with Crippen molar-refractivity contribution in [2.75, 3.05) is 50.0 Å². The molecule has 3 amide bonds. The molecular weight excluding hydrogens is 498 g/mol. The fraction of sp³-hybridized carbons (Fsp3) is 0.440. The second-order valence-corrected chi connectivity index (χ2v) is 8.95. The number of halogens is 1. The van der Waals surface area contributed by atoms with E-state index in [9.17, 15) is 9.59 Å². The van der Waals surface area contributed by atoms with E-state index >= 15 is 0 Å². The van der Waals surface area contributed by atoms with E-state index in [1.165, 1.54) is 0 Å².